The third-order valence-corrected chi connectivity index (χ3v) is 6.14. The Morgan fingerprint density at radius 2 is 1.52 bits per heavy atom. The number of aromatic nitrogens is 2. The van der Waals surface area contributed by atoms with Gasteiger partial charge in [-0.2, -0.15) is 4.99 Å². The number of rotatable bonds is 6. The molecule has 0 aliphatic rings. The van der Waals surface area contributed by atoms with Gasteiger partial charge in [-0.1, -0.05) is 84.9 Å². The lowest BCUT2D eigenvalue weighted by Crippen LogP contribution is -2.18. The Balaban J connectivity index is 1.89. The Morgan fingerprint density at radius 1 is 0.903 bits per heavy atom. The zero-order chi connectivity index (χ0) is 21.5. The lowest BCUT2D eigenvalue weighted by Gasteiger charge is -2.05. The van der Waals surface area contributed by atoms with Crippen LogP contribution in [0, 0.1) is 4.77 Å². The molecule has 3 aromatic carbocycles. The standard InChI is InChI=1S/C25H22N4S2/c1-2-18-29-25(30)28(19-20-12-6-3-7-13-20)24(31-29)27-23(21-14-8-4-9-15-21)26-22-16-10-5-11-17-22/h2-17H,1,18-19H2. The molecule has 0 fully saturated rings. The molecular weight excluding hydrogens is 420 g/mol. The van der Waals surface area contributed by atoms with Crippen molar-refractivity contribution in [1.82, 2.24) is 8.52 Å². The minimum absolute atomic E-state index is 0.643. The van der Waals surface area contributed by atoms with Crippen LogP contribution in [-0.4, -0.2) is 14.4 Å². The molecule has 0 N–H and O–H groups in total. The third-order valence-electron chi connectivity index (χ3n) is 4.57. The second-order valence-corrected chi connectivity index (χ2v) is 8.18. The van der Waals surface area contributed by atoms with E-state index < -0.39 is 0 Å². The summed E-state index contributed by atoms with van der Waals surface area (Å²) >= 11 is 7.29. The van der Waals surface area contributed by atoms with Gasteiger partial charge in [0.05, 0.1) is 18.8 Å². The Hall–Kier alpha value is -3.35. The Labute approximate surface area is 191 Å². The van der Waals surface area contributed by atoms with Crippen LogP contribution in [0.5, 0.6) is 0 Å². The highest BCUT2D eigenvalue weighted by Crippen LogP contribution is 2.14. The van der Waals surface area contributed by atoms with Crippen molar-refractivity contribution in [2.24, 2.45) is 9.98 Å². The highest BCUT2D eigenvalue weighted by Gasteiger charge is 2.09. The fourth-order valence-electron chi connectivity index (χ4n) is 3.07. The van der Waals surface area contributed by atoms with Crippen LogP contribution in [0.1, 0.15) is 11.1 Å². The Morgan fingerprint density at radius 3 is 2.16 bits per heavy atom. The van der Waals surface area contributed by atoms with Crippen LogP contribution in [-0.2, 0) is 13.1 Å². The van der Waals surface area contributed by atoms with Gasteiger partial charge >= 0.3 is 0 Å². The highest BCUT2D eigenvalue weighted by molar-refractivity contribution is 7.71. The average Bonchev–Trinajstić information content (AvgIpc) is 3.10. The van der Waals surface area contributed by atoms with Gasteiger partial charge in [-0.25, -0.2) is 4.99 Å². The van der Waals surface area contributed by atoms with Crippen LogP contribution in [0.15, 0.2) is 114 Å². The van der Waals surface area contributed by atoms with Gasteiger partial charge in [-0.3, -0.25) is 8.52 Å². The maximum atomic E-state index is 5.77. The van der Waals surface area contributed by atoms with Crippen molar-refractivity contribution in [3.05, 3.63) is 124 Å². The van der Waals surface area contributed by atoms with Crippen LogP contribution in [0.25, 0.3) is 0 Å². The maximum Gasteiger partial charge on any atom is 0.210 e. The van der Waals surface area contributed by atoms with Gasteiger partial charge in [0.15, 0.2) is 10.6 Å². The molecule has 0 saturated heterocycles. The molecule has 0 radical (unpaired) electrons. The van der Waals surface area contributed by atoms with E-state index in [9.17, 15) is 0 Å². The largest absolute Gasteiger partial charge is 0.288 e. The summed E-state index contributed by atoms with van der Waals surface area (Å²) in [6.07, 6.45) is 1.85. The van der Waals surface area contributed by atoms with Crippen molar-refractivity contribution in [2.75, 3.05) is 0 Å². The molecule has 4 rings (SSSR count). The van der Waals surface area contributed by atoms with E-state index >= 15 is 0 Å². The van der Waals surface area contributed by atoms with Crippen LogP contribution in [0.2, 0.25) is 0 Å². The molecule has 0 bridgehead atoms. The number of hydrogen-bond donors (Lipinski definition) is 0. The summed E-state index contributed by atoms with van der Waals surface area (Å²) in [5.74, 6) is 0.649. The molecule has 0 atom stereocenters. The van der Waals surface area contributed by atoms with E-state index in [1.807, 2.05) is 88.9 Å². The topological polar surface area (TPSA) is 34.6 Å². The first-order chi connectivity index (χ1) is 15.2. The van der Waals surface area contributed by atoms with Gasteiger partial charge < -0.3 is 0 Å². The van der Waals surface area contributed by atoms with E-state index in [0.717, 1.165) is 20.8 Å². The quantitative estimate of drug-likeness (QED) is 0.156. The van der Waals surface area contributed by atoms with E-state index in [2.05, 4.69) is 23.3 Å². The molecule has 0 unspecified atom stereocenters. The van der Waals surface area contributed by atoms with Crippen LogP contribution in [0.3, 0.4) is 0 Å². The molecule has 4 nitrogen and oxygen atoms in total. The summed E-state index contributed by atoms with van der Waals surface area (Å²) in [5.41, 5.74) is 2.97. The first-order valence-electron chi connectivity index (χ1n) is 9.94. The predicted molar refractivity (Wildman–Crippen MR) is 132 cm³/mol. The smallest absolute Gasteiger partial charge is 0.210 e. The van der Waals surface area contributed by atoms with Crippen molar-refractivity contribution in [3.63, 3.8) is 0 Å². The van der Waals surface area contributed by atoms with Gasteiger partial charge in [0.1, 0.15) is 0 Å². The highest BCUT2D eigenvalue weighted by atomic mass is 32.1. The third kappa shape index (κ3) is 5.23. The monoisotopic (exact) mass is 442 g/mol. The summed E-state index contributed by atoms with van der Waals surface area (Å²) in [7, 11) is 0. The summed E-state index contributed by atoms with van der Waals surface area (Å²) < 4.78 is 4.80. The number of allylic oxidation sites excluding steroid dienone is 1. The fourth-order valence-corrected chi connectivity index (χ4v) is 4.40. The van der Waals surface area contributed by atoms with Gasteiger partial charge in [-0.15, -0.1) is 6.58 Å². The molecule has 0 aliphatic heterocycles. The van der Waals surface area contributed by atoms with Crippen LogP contribution in [0.4, 0.5) is 5.69 Å². The minimum Gasteiger partial charge on any atom is -0.288 e. The molecule has 1 aromatic heterocycles. The van der Waals surface area contributed by atoms with Crippen molar-refractivity contribution >= 4 is 35.3 Å². The molecular formula is C25H22N4S2. The summed E-state index contributed by atoms with van der Waals surface area (Å²) in [5, 5.41) is 0. The molecule has 0 aliphatic carbocycles. The first-order valence-corrected chi connectivity index (χ1v) is 11.1. The number of nitrogens with zero attached hydrogens (tertiary/aromatic N) is 4. The predicted octanol–water partition coefficient (Wildman–Crippen LogP) is 5.99. The second kappa shape index (κ2) is 10.1. The summed E-state index contributed by atoms with van der Waals surface area (Å²) in [6.45, 7) is 5.15. The number of para-hydroxylation sites is 1. The van der Waals surface area contributed by atoms with Crippen LogP contribution < -0.4 is 4.80 Å². The maximum absolute atomic E-state index is 5.77. The zero-order valence-corrected chi connectivity index (χ0v) is 18.6. The average molecular weight is 443 g/mol. The van der Waals surface area contributed by atoms with E-state index in [4.69, 9.17) is 22.2 Å². The van der Waals surface area contributed by atoms with Crippen molar-refractivity contribution in [2.45, 2.75) is 13.1 Å². The molecule has 0 amide bonds. The van der Waals surface area contributed by atoms with Crippen LogP contribution >= 0.6 is 23.8 Å². The Bertz CT molecular complexity index is 1300. The van der Waals surface area contributed by atoms with E-state index in [0.29, 0.717) is 18.9 Å². The summed E-state index contributed by atoms with van der Waals surface area (Å²) in [4.78, 5) is 10.6. The molecule has 0 saturated carbocycles. The van der Waals surface area contributed by atoms with E-state index in [1.54, 1.807) is 0 Å². The lowest BCUT2D eigenvalue weighted by atomic mass is 10.2. The zero-order valence-electron chi connectivity index (χ0n) is 17.0. The van der Waals surface area contributed by atoms with Crippen molar-refractivity contribution in [3.8, 4) is 0 Å². The Kier molecular flexibility index (Phi) is 6.82. The van der Waals surface area contributed by atoms with E-state index in [1.165, 1.54) is 17.1 Å². The molecule has 6 heteroatoms. The lowest BCUT2D eigenvalue weighted by molar-refractivity contribution is 0.711. The molecule has 31 heavy (non-hydrogen) atoms. The summed E-state index contributed by atoms with van der Waals surface area (Å²) in [6, 6.07) is 30.2. The van der Waals surface area contributed by atoms with Gasteiger partial charge in [0.25, 0.3) is 0 Å². The molecule has 1 heterocycles. The minimum atomic E-state index is 0.643. The molecule has 154 valence electrons. The molecule has 0 spiro atoms. The SMILES string of the molecule is C=CCn1sc(=NC(=Nc2ccccc2)c2ccccc2)n(Cc2ccccc2)c1=S. The van der Waals surface area contributed by atoms with E-state index in [-0.39, 0.29) is 0 Å². The number of aliphatic imine (C=N–C) groups is 1. The second-order valence-electron chi connectivity index (χ2n) is 6.83. The van der Waals surface area contributed by atoms with Gasteiger partial charge in [-0.05, 0) is 41.4 Å². The first kappa shape index (κ1) is 20.9. The number of amidine groups is 1. The number of hydrogen-bond acceptors (Lipinski definition) is 3. The van der Waals surface area contributed by atoms with Crippen molar-refractivity contribution < 1.29 is 0 Å². The van der Waals surface area contributed by atoms with Crippen molar-refractivity contribution in [1.29, 1.82) is 0 Å². The number of benzene rings is 3. The van der Waals surface area contributed by atoms with Gasteiger partial charge in [0, 0.05) is 5.56 Å². The normalized spacial score (nSPS) is 12.1. The molecule has 4 aromatic rings. The van der Waals surface area contributed by atoms with Gasteiger partial charge in [0.2, 0.25) is 4.80 Å². The fraction of sp³-hybridized carbons (Fsp3) is 0.0800.